The summed E-state index contributed by atoms with van der Waals surface area (Å²) >= 11 is 1.41. The van der Waals surface area contributed by atoms with Crippen LogP contribution < -0.4 is 4.74 Å². The minimum absolute atomic E-state index is 0.124. The van der Waals surface area contributed by atoms with Gasteiger partial charge in [-0.15, -0.1) is 0 Å². The first-order valence-corrected chi connectivity index (χ1v) is 9.89. The number of aliphatic hydroxyl groups excluding tert-OH is 1. The van der Waals surface area contributed by atoms with Gasteiger partial charge in [-0.3, -0.25) is 4.55 Å². The SMILES string of the molecule is COc1ccc(C(=NO)C(F)(F)F)cc1.O=S(=O)(O)CCSCCCO. The number of aliphatic hydroxyl groups is 1. The lowest BCUT2D eigenvalue weighted by Gasteiger charge is -2.08. The molecule has 0 radical (unpaired) electrons. The molecule has 1 rings (SSSR count). The van der Waals surface area contributed by atoms with Gasteiger partial charge in [0.25, 0.3) is 10.1 Å². The van der Waals surface area contributed by atoms with Gasteiger partial charge in [-0.1, -0.05) is 5.16 Å². The summed E-state index contributed by atoms with van der Waals surface area (Å²) in [6.07, 6.45) is -4.01. The topological polar surface area (TPSA) is 116 Å². The minimum Gasteiger partial charge on any atom is -0.497 e. The second-order valence-corrected chi connectivity index (χ2v) is 7.45. The number of thioether (sulfide) groups is 1. The van der Waals surface area contributed by atoms with E-state index in [1.807, 2.05) is 0 Å². The molecule has 0 aliphatic carbocycles. The van der Waals surface area contributed by atoms with E-state index in [-0.39, 0.29) is 17.9 Å². The molecule has 0 heterocycles. The second kappa shape index (κ2) is 12.0. The summed E-state index contributed by atoms with van der Waals surface area (Å²) < 4.78 is 70.2. The summed E-state index contributed by atoms with van der Waals surface area (Å²) in [7, 11) is -2.39. The Bertz CT molecular complexity index is 648. The molecular formula is C14H20F3NO6S2. The highest BCUT2D eigenvalue weighted by atomic mass is 32.2. The fourth-order valence-electron chi connectivity index (χ4n) is 1.46. The molecule has 0 aliphatic heterocycles. The van der Waals surface area contributed by atoms with Crippen molar-refractivity contribution in [1.29, 1.82) is 0 Å². The van der Waals surface area contributed by atoms with Crippen LogP contribution in [-0.2, 0) is 10.1 Å². The largest absolute Gasteiger partial charge is 0.497 e. The van der Waals surface area contributed by atoms with Crippen LogP contribution in [0, 0.1) is 0 Å². The van der Waals surface area contributed by atoms with Gasteiger partial charge in [-0.2, -0.15) is 33.4 Å². The number of benzene rings is 1. The Hall–Kier alpha value is -1.50. The summed E-state index contributed by atoms with van der Waals surface area (Å²) in [5.41, 5.74) is -1.55. The molecule has 3 N–H and O–H groups in total. The molecule has 0 saturated carbocycles. The van der Waals surface area contributed by atoms with Crippen LogP contribution in [0.15, 0.2) is 29.4 Å². The van der Waals surface area contributed by atoms with E-state index in [0.29, 0.717) is 17.9 Å². The highest BCUT2D eigenvalue weighted by Crippen LogP contribution is 2.23. The number of ether oxygens (including phenoxy) is 1. The van der Waals surface area contributed by atoms with Crippen molar-refractivity contribution in [3.8, 4) is 5.75 Å². The first-order valence-electron chi connectivity index (χ1n) is 7.12. The monoisotopic (exact) mass is 419 g/mol. The number of halogens is 3. The average molecular weight is 419 g/mol. The quantitative estimate of drug-likeness (QED) is 0.195. The minimum atomic E-state index is -4.68. The van der Waals surface area contributed by atoms with Gasteiger partial charge in [-0.05, 0) is 36.4 Å². The molecule has 1 aromatic rings. The van der Waals surface area contributed by atoms with Crippen molar-refractivity contribution >= 4 is 27.6 Å². The molecule has 12 heteroatoms. The fourth-order valence-corrected chi connectivity index (χ4v) is 3.31. The van der Waals surface area contributed by atoms with E-state index in [1.54, 1.807) is 0 Å². The van der Waals surface area contributed by atoms with Gasteiger partial charge in [0.15, 0.2) is 5.71 Å². The molecule has 1 aromatic carbocycles. The maximum absolute atomic E-state index is 12.3. The number of nitrogens with zero attached hydrogens (tertiary/aromatic N) is 1. The van der Waals surface area contributed by atoms with Crippen LogP contribution in [0.3, 0.4) is 0 Å². The predicted octanol–water partition coefficient (Wildman–Crippen LogP) is 2.43. The van der Waals surface area contributed by atoms with Crippen LogP contribution in [0.2, 0.25) is 0 Å². The van der Waals surface area contributed by atoms with Crippen LogP contribution in [0.4, 0.5) is 13.2 Å². The lowest BCUT2D eigenvalue weighted by atomic mass is 10.1. The Balaban J connectivity index is 0.000000508. The fraction of sp³-hybridized carbons (Fsp3) is 0.500. The zero-order valence-corrected chi connectivity index (χ0v) is 15.4. The predicted molar refractivity (Wildman–Crippen MR) is 92.8 cm³/mol. The van der Waals surface area contributed by atoms with Crippen molar-refractivity contribution in [2.24, 2.45) is 5.16 Å². The van der Waals surface area contributed by atoms with Crippen molar-refractivity contribution in [3.63, 3.8) is 0 Å². The van der Waals surface area contributed by atoms with Crippen molar-refractivity contribution in [2.45, 2.75) is 12.6 Å². The maximum Gasteiger partial charge on any atom is 0.437 e. The smallest absolute Gasteiger partial charge is 0.437 e. The van der Waals surface area contributed by atoms with Gasteiger partial charge in [0.05, 0.1) is 12.9 Å². The van der Waals surface area contributed by atoms with Gasteiger partial charge in [-0.25, -0.2) is 0 Å². The van der Waals surface area contributed by atoms with Crippen LogP contribution >= 0.6 is 11.8 Å². The van der Waals surface area contributed by atoms with Gasteiger partial charge in [0, 0.05) is 17.9 Å². The zero-order chi connectivity index (χ0) is 20.2. The third kappa shape index (κ3) is 11.2. The summed E-state index contributed by atoms with van der Waals surface area (Å²) in [4.78, 5) is 0. The van der Waals surface area contributed by atoms with E-state index >= 15 is 0 Å². The van der Waals surface area contributed by atoms with Gasteiger partial charge < -0.3 is 15.1 Å². The third-order valence-corrected chi connectivity index (χ3v) is 4.71. The highest BCUT2D eigenvalue weighted by Gasteiger charge is 2.37. The van der Waals surface area contributed by atoms with E-state index in [0.717, 1.165) is 5.75 Å². The summed E-state index contributed by atoms with van der Waals surface area (Å²) in [5, 5.41) is 18.9. The summed E-state index contributed by atoms with van der Waals surface area (Å²) in [6, 6.07) is 5.04. The Morgan fingerprint density at radius 1 is 1.23 bits per heavy atom. The van der Waals surface area contributed by atoms with Crippen LogP contribution in [0.1, 0.15) is 12.0 Å². The average Bonchev–Trinajstić information content (AvgIpc) is 2.54. The molecule has 0 unspecified atom stereocenters. The molecule has 0 bridgehead atoms. The zero-order valence-electron chi connectivity index (χ0n) is 13.8. The lowest BCUT2D eigenvalue weighted by Crippen LogP contribution is -2.23. The molecule has 0 aromatic heterocycles. The van der Waals surface area contributed by atoms with Crippen LogP contribution in [0.25, 0.3) is 0 Å². The molecule has 0 saturated heterocycles. The Morgan fingerprint density at radius 2 is 1.81 bits per heavy atom. The normalized spacial score (nSPS) is 12.3. The number of hydrogen-bond acceptors (Lipinski definition) is 7. The second-order valence-electron chi connectivity index (χ2n) is 4.65. The van der Waals surface area contributed by atoms with Gasteiger partial charge in [0.1, 0.15) is 5.75 Å². The molecule has 150 valence electrons. The summed E-state index contributed by atoms with van der Waals surface area (Å²) in [5.74, 6) is 1.34. The number of alkyl halides is 3. The van der Waals surface area contributed by atoms with Crippen molar-refractivity contribution in [3.05, 3.63) is 29.8 Å². The van der Waals surface area contributed by atoms with E-state index < -0.39 is 22.0 Å². The Morgan fingerprint density at radius 3 is 2.19 bits per heavy atom. The third-order valence-electron chi connectivity index (χ3n) is 2.66. The van der Waals surface area contributed by atoms with Gasteiger partial charge >= 0.3 is 6.18 Å². The highest BCUT2D eigenvalue weighted by molar-refractivity contribution is 8.00. The van der Waals surface area contributed by atoms with Crippen molar-refractivity contribution < 1.29 is 41.2 Å². The molecule has 0 amide bonds. The number of methoxy groups -OCH3 is 1. The number of hydrogen-bond donors (Lipinski definition) is 3. The van der Waals surface area contributed by atoms with E-state index in [4.69, 9.17) is 19.6 Å². The molecular weight excluding hydrogens is 399 g/mol. The van der Waals surface area contributed by atoms with E-state index in [9.17, 15) is 21.6 Å². The maximum atomic E-state index is 12.3. The molecule has 0 spiro atoms. The Kier molecular flexibility index (Phi) is 11.3. The van der Waals surface area contributed by atoms with Crippen LogP contribution in [0.5, 0.6) is 5.75 Å². The van der Waals surface area contributed by atoms with Crippen LogP contribution in [-0.4, -0.2) is 66.1 Å². The standard InChI is InChI=1S/C9H8F3NO2.C5H12O4S2/c1-15-7-4-2-6(3-5-7)8(13-14)9(10,11)12;6-2-1-3-10-4-5-11(7,8)9/h2-5,14H,1H3;6H,1-5H2,(H,7,8,9). The van der Waals surface area contributed by atoms with Crippen molar-refractivity contribution in [1.82, 2.24) is 0 Å². The molecule has 0 aliphatic rings. The first-order chi connectivity index (χ1) is 12.0. The van der Waals surface area contributed by atoms with Gasteiger partial charge in [0.2, 0.25) is 0 Å². The number of oxime groups is 1. The molecule has 26 heavy (non-hydrogen) atoms. The molecule has 7 nitrogen and oxygen atoms in total. The summed E-state index contributed by atoms with van der Waals surface area (Å²) in [6.45, 7) is 0.124. The van der Waals surface area contributed by atoms with E-state index in [2.05, 4.69) is 5.16 Å². The number of rotatable bonds is 8. The molecule has 0 fully saturated rings. The van der Waals surface area contributed by atoms with Crippen molar-refractivity contribution in [2.75, 3.05) is 31.0 Å². The molecule has 0 atom stereocenters. The first kappa shape index (κ1) is 24.5. The Labute approximate surface area is 153 Å². The van der Waals surface area contributed by atoms with E-state index in [1.165, 1.54) is 43.1 Å². The lowest BCUT2D eigenvalue weighted by molar-refractivity contribution is -0.0601.